The lowest BCUT2D eigenvalue weighted by molar-refractivity contribution is 0.0838. The highest BCUT2D eigenvalue weighted by Gasteiger charge is 2.18. The standard InChI is InChI=1S/C11H24O4Si2/c1-6-13-11(12)14-9-7-8-10-16(2)15-17(3,4)5/h6,16H,1,7-10H2,2-5H3. The van der Waals surface area contributed by atoms with E-state index in [2.05, 4.69) is 37.5 Å². The quantitative estimate of drug-likeness (QED) is 0.295. The molecule has 0 saturated heterocycles. The molecule has 1 atom stereocenters. The minimum Gasteiger partial charge on any atom is -0.458 e. The number of carbonyl (C=O) groups excluding carboxylic acids is 1. The van der Waals surface area contributed by atoms with Crippen LogP contribution in [0.1, 0.15) is 12.8 Å². The average molecular weight is 276 g/mol. The van der Waals surface area contributed by atoms with Crippen molar-refractivity contribution in [3.8, 4) is 0 Å². The Morgan fingerprint density at radius 1 is 1.35 bits per heavy atom. The number of ether oxygens (including phenoxy) is 2. The van der Waals surface area contributed by atoms with Crippen LogP contribution in [-0.2, 0) is 13.6 Å². The van der Waals surface area contributed by atoms with Crippen molar-refractivity contribution in [3.05, 3.63) is 12.8 Å². The number of unbranched alkanes of at least 4 members (excludes halogenated alkanes) is 1. The summed E-state index contributed by atoms with van der Waals surface area (Å²) in [6.07, 6.45) is 2.29. The molecule has 0 aromatic carbocycles. The van der Waals surface area contributed by atoms with Crippen molar-refractivity contribution in [2.75, 3.05) is 6.61 Å². The summed E-state index contributed by atoms with van der Waals surface area (Å²) < 4.78 is 15.3. The monoisotopic (exact) mass is 276 g/mol. The molecule has 100 valence electrons. The molecule has 6 heteroatoms. The third kappa shape index (κ3) is 11.7. The molecule has 1 unspecified atom stereocenters. The number of carbonyl (C=O) groups is 1. The first-order valence-electron chi connectivity index (χ1n) is 5.97. The van der Waals surface area contributed by atoms with Crippen LogP contribution in [0.5, 0.6) is 0 Å². The molecule has 0 heterocycles. The molecule has 0 aromatic heterocycles. The maximum Gasteiger partial charge on any atom is 0.513 e. The molecule has 0 aliphatic rings. The molecule has 0 aliphatic heterocycles. The lowest BCUT2D eigenvalue weighted by Gasteiger charge is -2.22. The summed E-state index contributed by atoms with van der Waals surface area (Å²) in [7, 11) is -2.41. The van der Waals surface area contributed by atoms with E-state index in [1.807, 2.05) is 0 Å². The zero-order chi connectivity index (χ0) is 13.3. The minimum atomic E-state index is -1.37. The van der Waals surface area contributed by atoms with Gasteiger partial charge in [0.25, 0.3) is 0 Å². The van der Waals surface area contributed by atoms with E-state index in [4.69, 9.17) is 8.85 Å². The van der Waals surface area contributed by atoms with Crippen LogP contribution in [-0.4, -0.2) is 30.1 Å². The van der Waals surface area contributed by atoms with Crippen LogP contribution in [0.2, 0.25) is 32.2 Å². The first kappa shape index (κ1) is 16.4. The largest absolute Gasteiger partial charge is 0.513 e. The Morgan fingerprint density at radius 3 is 2.53 bits per heavy atom. The van der Waals surface area contributed by atoms with E-state index in [1.165, 1.54) is 0 Å². The summed E-state index contributed by atoms with van der Waals surface area (Å²) in [6, 6.07) is 1.13. The maximum atomic E-state index is 10.8. The van der Waals surface area contributed by atoms with Gasteiger partial charge in [-0.05, 0) is 38.7 Å². The molecule has 0 bridgehead atoms. The fourth-order valence-corrected chi connectivity index (χ4v) is 7.62. The number of rotatable bonds is 8. The summed E-state index contributed by atoms with van der Waals surface area (Å²) >= 11 is 0. The van der Waals surface area contributed by atoms with Gasteiger partial charge in [0.2, 0.25) is 0 Å². The Hall–Kier alpha value is -0.596. The fourth-order valence-electron chi connectivity index (χ4n) is 1.45. The van der Waals surface area contributed by atoms with Crippen molar-refractivity contribution < 1.29 is 18.4 Å². The molecule has 0 rings (SSSR count). The van der Waals surface area contributed by atoms with Gasteiger partial charge in [0.15, 0.2) is 17.4 Å². The fraction of sp³-hybridized carbons (Fsp3) is 0.727. The Balaban J connectivity index is 3.45. The van der Waals surface area contributed by atoms with Gasteiger partial charge in [-0.3, -0.25) is 0 Å². The van der Waals surface area contributed by atoms with Crippen LogP contribution < -0.4 is 0 Å². The number of hydrogen-bond acceptors (Lipinski definition) is 4. The van der Waals surface area contributed by atoms with Gasteiger partial charge >= 0.3 is 6.16 Å². The Bertz CT molecular complexity index is 238. The van der Waals surface area contributed by atoms with Crippen molar-refractivity contribution in [1.82, 2.24) is 0 Å². The van der Waals surface area contributed by atoms with Crippen molar-refractivity contribution in [1.29, 1.82) is 0 Å². The van der Waals surface area contributed by atoms with Crippen molar-refractivity contribution in [2.45, 2.75) is 45.1 Å². The van der Waals surface area contributed by atoms with E-state index in [-0.39, 0.29) is 0 Å². The molecule has 0 radical (unpaired) electrons. The van der Waals surface area contributed by atoms with E-state index in [0.717, 1.165) is 25.1 Å². The summed E-state index contributed by atoms with van der Waals surface area (Å²) in [5.74, 6) is 0. The van der Waals surface area contributed by atoms with Gasteiger partial charge in [-0.15, -0.1) is 0 Å². The molecule has 0 saturated carbocycles. The van der Waals surface area contributed by atoms with Gasteiger partial charge in [-0.25, -0.2) is 4.79 Å². The molecule has 0 aromatic rings. The topological polar surface area (TPSA) is 44.8 Å². The van der Waals surface area contributed by atoms with Gasteiger partial charge in [0.1, 0.15) is 0 Å². The smallest absolute Gasteiger partial charge is 0.458 e. The minimum absolute atomic E-state index is 0.404. The van der Waals surface area contributed by atoms with Crippen LogP contribution in [0.25, 0.3) is 0 Å². The van der Waals surface area contributed by atoms with Gasteiger partial charge in [-0.2, -0.15) is 0 Å². The first-order chi connectivity index (χ1) is 7.85. The van der Waals surface area contributed by atoms with E-state index >= 15 is 0 Å². The highest BCUT2D eigenvalue weighted by atomic mass is 28.4. The summed E-state index contributed by atoms with van der Waals surface area (Å²) in [4.78, 5) is 10.8. The van der Waals surface area contributed by atoms with E-state index < -0.39 is 23.5 Å². The van der Waals surface area contributed by atoms with Crippen LogP contribution >= 0.6 is 0 Å². The molecule has 4 nitrogen and oxygen atoms in total. The van der Waals surface area contributed by atoms with Crippen molar-refractivity contribution in [2.24, 2.45) is 0 Å². The normalized spacial score (nSPS) is 12.9. The summed E-state index contributed by atoms with van der Waals surface area (Å²) in [5, 5.41) is 0. The predicted octanol–water partition coefficient (Wildman–Crippen LogP) is 3.27. The van der Waals surface area contributed by atoms with Crippen molar-refractivity contribution >= 4 is 23.5 Å². The summed E-state index contributed by atoms with van der Waals surface area (Å²) in [5.41, 5.74) is 0. The zero-order valence-corrected chi connectivity index (χ0v) is 13.5. The van der Waals surface area contributed by atoms with Crippen LogP contribution in [0.15, 0.2) is 12.8 Å². The maximum absolute atomic E-state index is 10.8. The second-order valence-electron chi connectivity index (χ2n) is 4.92. The first-order valence-corrected chi connectivity index (χ1v) is 11.8. The predicted molar refractivity (Wildman–Crippen MR) is 74.1 cm³/mol. The third-order valence-corrected chi connectivity index (χ3v) is 7.62. The third-order valence-electron chi connectivity index (χ3n) is 1.96. The van der Waals surface area contributed by atoms with Crippen LogP contribution in [0.4, 0.5) is 4.79 Å². The Labute approximate surface area is 107 Å². The highest BCUT2D eigenvalue weighted by molar-refractivity contribution is 6.77. The highest BCUT2D eigenvalue weighted by Crippen LogP contribution is 2.10. The lowest BCUT2D eigenvalue weighted by Crippen LogP contribution is -2.32. The lowest BCUT2D eigenvalue weighted by atomic mass is 10.4. The summed E-state index contributed by atoms with van der Waals surface area (Å²) in [6.45, 7) is 12.5. The van der Waals surface area contributed by atoms with E-state index in [0.29, 0.717) is 6.61 Å². The Morgan fingerprint density at radius 2 is 2.00 bits per heavy atom. The molecule has 0 aliphatic carbocycles. The zero-order valence-electron chi connectivity index (χ0n) is 11.3. The molecule has 0 N–H and O–H groups in total. The van der Waals surface area contributed by atoms with Gasteiger partial charge in [0, 0.05) is 0 Å². The van der Waals surface area contributed by atoms with E-state index in [9.17, 15) is 4.79 Å². The molecule has 0 spiro atoms. The SMILES string of the molecule is C=COC(=O)OCCCC[SiH](C)O[Si](C)(C)C. The van der Waals surface area contributed by atoms with Crippen molar-refractivity contribution in [3.63, 3.8) is 0 Å². The molecular formula is C11H24O4Si2. The van der Waals surface area contributed by atoms with Gasteiger partial charge < -0.3 is 13.6 Å². The molecule has 17 heavy (non-hydrogen) atoms. The average Bonchev–Trinajstić information content (AvgIpc) is 2.14. The van der Waals surface area contributed by atoms with Crippen LogP contribution in [0.3, 0.4) is 0 Å². The Kier molecular flexibility index (Phi) is 8.19. The van der Waals surface area contributed by atoms with Gasteiger partial charge in [-0.1, -0.05) is 13.0 Å². The molecular weight excluding hydrogens is 252 g/mol. The molecule has 0 fully saturated rings. The second kappa shape index (κ2) is 8.49. The number of hydrogen-bond donors (Lipinski definition) is 0. The van der Waals surface area contributed by atoms with Crippen LogP contribution in [0, 0.1) is 0 Å². The van der Waals surface area contributed by atoms with E-state index in [1.54, 1.807) is 0 Å². The van der Waals surface area contributed by atoms with Gasteiger partial charge in [0.05, 0.1) is 12.9 Å². The molecule has 0 amide bonds. The second-order valence-corrected chi connectivity index (χ2v) is 12.3.